The van der Waals surface area contributed by atoms with Crippen molar-refractivity contribution in [1.29, 1.82) is 0 Å². The molecule has 0 spiro atoms. The van der Waals surface area contributed by atoms with E-state index in [0.29, 0.717) is 5.92 Å². The first-order valence-electron chi connectivity index (χ1n) is 4.88. The number of hydrogen-bond acceptors (Lipinski definition) is 3. The first-order valence-corrected chi connectivity index (χ1v) is 4.88. The van der Waals surface area contributed by atoms with Crippen molar-refractivity contribution in [3.8, 4) is 0 Å². The van der Waals surface area contributed by atoms with Crippen LogP contribution in [0.15, 0.2) is 23.6 Å². The fraction of sp³-hybridized carbons (Fsp3) is 0.300. The molecule has 1 N–H and O–H groups in total. The Morgan fingerprint density at radius 2 is 2.40 bits per heavy atom. The van der Waals surface area contributed by atoms with Crippen LogP contribution in [0.4, 0.5) is 5.69 Å². The van der Waals surface area contributed by atoms with Gasteiger partial charge in [0.05, 0.1) is 18.1 Å². The minimum atomic E-state index is 0.312. The SMILES string of the molecule is Cn1cc(C2C=Nc3cn[nH]c3C2)cn1. The van der Waals surface area contributed by atoms with Crippen LogP contribution in [-0.4, -0.2) is 26.2 Å². The topological polar surface area (TPSA) is 58.9 Å². The quantitative estimate of drug-likeness (QED) is 0.753. The molecule has 0 saturated heterocycles. The minimum absolute atomic E-state index is 0.312. The van der Waals surface area contributed by atoms with E-state index in [1.165, 1.54) is 5.56 Å². The normalized spacial score (nSPS) is 19.1. The van der Waals surface area contributed by atoms with Gasteiger partial charge in [0, 0.05) is 31.8 Å². The van der Waals surface area contributed by atoms with Gasteiger partial charge in [0.1, 0.15) is 5.69 Å². The van der Waals surface area contributed by atoms with Crippen LogP contribution in [0.25, 0.3) is 0 Å². The lowest BCUT2D eigenvalue weighted by Crippen LogP contribution is -2.07. The third-order valence-corrected chi connectivity index (χ3v) is 2.67. The fourth-order valence-electron chi connectivity index (χ4n) is 1.85. The second-order valence-electron chi connectivity index (χ2n) is 3.77. The summed E-state index contributed by atoms with van der Waals surface area (Å²) >= 11 is 0. The van der Waals surface area contributed by atoms with Gasteiger partial charge in [-0.2, -0.15) is 10.2 Å². The van der Waals surface area contributed by atoms with Crippen LogP contribution in [0.2, 0.25) is 0 Å². The van der Waals surface area contributed by atoms with E-state index in [1.807, 2.05) is 30.3 Å². The van der Waals surface area contributed by atoms with Crippen LogP contribution in [0.5, 0.6) is 0 Å². The van der Waals surface area contributed by atoms with E-state index in [0.717, 1.165) is 17.8 Å². The molecule has 2 aromatic rings. The van der Waals surface area contributed by atoms with Crippen molar-refractivity contribution < 1.29 is 0 Å². The largest absolute Gasteiger partial charge is 0.280 e. The Balaban J connectivity index is 1.93. The molecule has 3 rings (SSSR count). The van der Waals surface area contributed by atoms with E-state index in [1.54, 1.807) is 6.20 Å². The molecule has 1 atom stereocenters. The Kier molecular flexibility index (Phi) is 1.71. The van der Waals surface area contributed by atoms with Crippen LogP contribution >= 0.6 is 0 Å². The number of nitrogens with zero attached hydrogens (tertiary/aromatic N) is 4. The van der Waals surface area contributed by atoms with Gasteiger partial charge in [-0.15, -0.1) is 0 Å². The van der Waals surface area contributed by atoms with Gasteiger partial charge in [-0.05, 0) is 5.56 Å². The summed E-state index contributed by atoms with van der Waals surface area (Å²) in [6.07, 6.45) is 8.56. The van der Waals surface area contributed by atoms with E-state index in [9.17, 15) is 0 Å². The number of H-pyrrole nitrogens is 1. The first-order chi connectivity index (χ1) is 7.33. The number of nitrogens with one attached hydrogen (secondary N) is 1. The number of aliphatic imine (C=N–C) groups is 1. The standard InChI is InChI=1S/C10H11N5/c1-15-6-8(4-13-15)7-2-9-10(11-3-7)5-12-14-9/h3-7H,2H2,1H3,(H,12,14). The predicted octanol–water partition coefficient (Wildman–Crippen LogP) is 1.19. The van der Waals surface area contributed by atoms with E-state index >= 15 is 0 Å². The van der Waals surface area contributed by atoms with E-state index < -0.39 is 0 Å². The molecule has 5 heteroatoms. The minimum Gasteiger partial charge on any atom is -0.280 e. The van der Waals surface area contributed by atoms with Crippen molar-refractivity contribution in [2.24, 2.45) is 12.0 Å². The summed E-state index contributed by atoms with van der Waals surface area (Å²) in [4.78, 5) is 4.36. The van der Waals surface area contributed by atoms with Gasteiger partial charge >= 0.3 is 0 Å². The molecule has 1 aliphatic heterocycles. The van der Waals surface area contributed by atoms with Gasteiger partial charge in [-0.25, -0.2) is 0 Å². The molecule has 0 radical (unpaired) electrons. The van der Waals surface area contributed by atoms with Crippen molar-refractivity contribution in [2.75, 3.05) is 0 Å². The van der Waals surface area contributed by atoms with Crippen LogP contribution in [0, 0.1) is 0 Å². The van der Waals surface area contributed by atoms with Gasteiger partial charge in [-0.3, -0.25) is 14.8 Å². The smallest absolute Gasteiger partial charge is 0.103 e. The molecular formula is C10H11N5. The van der Waals surface area contributed by atoms with Crippen molar-refractivity contribution in [2.45, 2.75) is 12.3 Å². The van der Waals surface area contributed by atoms with Crippen LogP contribution in [-0.2, 0) is 13.5 Å². The van der Waals surface area contributed by atoms with Crippen molar-refractivity contribution in [1.82, 2.24) is 20.0 Å². The molecule has 1 unspecified atom stereocenters. The molecule has 1 aliphatic rings. The average Bonchev–Trinajstić information content (AvgIpc) is 2.84. The van der Waals surface area contributed by atoms with Gasteiger partial charge in [0.15, 0.2) is 0 Å². The molecule has 0 aromatic carbocycles. The van der Waals surface area contributed by atoms with Crippen molar-refractivity contribution in [3.05, 3.63) is 29.8 Å². The summed E-state index contributed by atoms with van der Waals surface area (Å²) in [5.41, 5.74) is 3.25. The zero-order chi connectivity index (χ0) is 10.3. The van der Waals surface area contributed by atoms with Gasteiger partial charge in [0.25, 0.3) is 0 Å². The lowest BCUT2D eigenvalue weighted by molar-refractivity contribution is 0.765. The Bertz CT molecular complexity index is 507. The number of aromatic amines is 1. The van der Waals surface area contributed by atoms with Gasteiger partial charge in [0.2, 0.25) is 0 Å². The van der Waals surface area contributed by atoms with E-state index in [-0.39, 0.29) is 0 Å². The highest BCUT2D eigenvalue weighted by atomic mass is 15.2. The highest BCUT2D eigenvalue weighted by Crippen LogP contribution is 2.28. The van der Waals surface area contributed by atoms with Gasteiger partial charge < -0.3 is 0 Å². The maximum absolute atomic E-state index is 4.36. The Morgan fingerprint density at radius 1 is 1.47 bits per heavy atom. The van der Waals surface area contributed by atoms with E-state index in [4.69, 9.17) is 0 Å². The molecule has 0 amide bonds. The number of hydrogen-bond donors (Lipinski definition) is 1. The third kappa shape index (κ3) is 1.36. The number of aromatic nitrogens is 4. The summed E-state index contributed by atoms with van der Waals surface area (Å²) < 4.78 is 1.81. The van der Waals surface area contributed by atoms with Crippen LogP contribution < -0.4 is 0 Å². The second kappa shape index (κ2) is 3.05. The summed E-state index contributed by atoms with van der Waals surface area (Å²) in [5, 5.41) is 11.1. The maximum Gasteiger partial charge on any atom is 0.103 e. The molecule has 15 heavy (non-hydrogen) atoms. The van der Waals surface area contributed by atoms with E-state index in [2.05, 4.69) is 20.3 Å². The predicted molar refractivity (Wildman–Crippen MR) is 56.4 cm³/mol. The molecule has 5 nitrogen and oxygen atoms in total. The van der Waals surface area contributed by atoms with Crippen LogP contribution in [0.3, 0.4) is 0 Å². The third-order valence-electron chi connectivity index (χ3n) is 2.67. The van der Waals surface area contributed by atoms with Crippen molar-refractivity contribution >= 4 is 11.9 Å². The molecule has 0 bridgehead atoms. The highest BCUT2D eigenvalue weighted by molar-refractivity contribution is 5.74. The molecule has 0 saturated carbocycles. The second-order valence-corrected chi connectivity index (χ2v) is 3.77. The lowest BCUT2D eigenvalue weighted by atomic mass is 9.96. The zero-order valence-electron chi connectivity index (χ0n) is 8.38. The average molecular weight is 201 g/mol. The lowest BCUT2D eigenvalue weighted by Gasteiger charge is -2.13. The summed E-state index contributed by atoms with van der Waals surface area (Å²) in [7, 11) is 1.92. The fourth-order valence-corrected chi connectivity index (χ4v) is 1.85. The summed E-state index contributed by atoms with van der Waals surface area (Å²) in [6, 6.07) is 0. The molecule has 0 aliphatic carbocycles. The molecule has 76 valence electrons. The molecule has 3 heterocycles. The molecule has 2 aromatic heterocycles. The van der Waals surface area contributed by atoms with Crippen LogP contribution in [0.1, 0.15) is 17.2 Å². The summed E-state index contributed by atoms with van der Waals surface area (Å²) in [5.74, 6) is 0.312. The molecule has 0 fully saturated rings. The maximum atomic E-state index is 4.36. The Labute approximate surface area is 86.8 Å². The number of aryl methyl sites for hydroxylation is 1. The Hall–Kier alpha value is -1.91. The monoisotopic (exact) mass is 201 g/mol. The van der Waals surface area contributed by atoms with Crippen molar-refractivity contribution in [3.63, 3.8) is 0 Å². The number of fused-ring (bicyclic) bond motifs is 1. The molecular weight excluding hydrogens is 190 g/mol. The van der Waals surface area contributed by atoms with Gasteiger partial charge in [-0.1, -0.05) is 0 Å². The zero-order valence-corrected chi connectivity index (χ0v) is 8.38. The number of rotatable bonds is 1. The Morgan fingerprint density at radius 3 is 3.20 bits per heavy atom. The highest BCUT2D eigenvalue weighted by Gasteiger charge is 2.19. The first kappa shape index (κ1) is 8.40. The summed E-state index contributed by atoms with van der Waals surface area (Å²) in [6.45, 7) is 0.